The maximum Gasteiger partial charge on any atom is 0.321 e. The van der Waals surface area contributed by atoms with E-state index in [1.165, 1.54) is 10.7 Å². The summed E-state index contributed by atoms with van der Waals surface area (Å²) >= 11 is 0. The quantitative estimate of drug-likeness (QED) is 0.888. The molecule has 6 nitrogen and oxygen atoms in total. The number of urea groups is 1. The summed E-state index contributed by atoms with van der Waals surface area (Å²) in [4.78, 5) is 13.8. The van der Waals surface area contributed by atoms with Crippen LogP contribution in [0.3, 0.4) is 0 Å². The van der Waals surface area contributed by atoms with E-state index in [2.05, 4.69) is 10.4 Å². The number of aromatic nitrogens is 2. The van der Waals surface area contributed by atoms with Crippen LogP contribution in [0.4, 0.5) is 14.9 Å². The maximum atomic E-state index is 14.3. The first-order chi connectivity index (χ1) is 11.4. The maximum absolute atomic E-state index is 14.3. The Balaban J connectivity index is 1.70. The zero-order valence-electron chi connectivity index (χ0n) is 13.7. The number of hydrogen-bond acceptors (Lipinski definition) is 3. The van der Waals surface area contributed by atoms with Crippen LogP contribution in [0.15, 0.2) is 30.6 Å². The van der Waals surface area contributed by atoms with Crippen LogP contribution >= 0.6 is 0 Å². The average Bonchev–Trinajstić information content (AvgIpc) is 2.96. The molecule has 1 aliphatic rings. The molecule has 3 rings (SSSR count). The van der Waals surface area contributed by atoms with Gasteiger partial charge in [0.25, 0.3) is 0 Å². The van der Waals surface area contributed by atoms with E-state index >= 15 is 0 Å². The third-order valence-corrected chi connectivity index (χ3v) is 4.36. The van der Waals surface area contributed by atoms with Gasteiger partial charge in [-0.25, -0.2) is 13.9 Å². The molecule has 7 heteroatoms. The highest BCUT2D eigenvalue weighted by molar-refractivity contribution is 5.89. The molecule has 1 fully saturated rings. The average molecular weight is 332 g/mol. The minimum absolute atomic E-state index is 0.184. The molecule has 2 heterocycles. The number of aryl methyl sites for hydroxylation is 1. The minimum Gasteiger partial charge on any atom is -0.391 e. The molecule has 2 N–H and O–H groups in total. The van der Waals surface area contributed by atoms with E-state index in [-0.39, 0.29) is 11.9 Å². The number of β-amino-alcohol motifs (C(OH)–C–C–N with tert-alkyl or cyclic N) is 1. The van der Waals surface area contributed by atoms with Gasteiger partial charge in [-0.2, -0.15) is 5.10 Å². The van der Waals surface area contributed by atoms with Crippen LogP contribution in [0, 0.1) is 18.7 Å². The van der Waals surface area contributed by atoms with Crippen LogP contribution in [-0.4, -0.2) is 45.0 Å². The van der Waals surface area contributed by atoms with Crippen LogP contribution < -0.4 is 5.32 Å². The Kier molecular flexibility index (Phi) is 4.53. The highest BCUT2D eigenvalue weighted by Crippen LogP contribution is 2.21. The summed E-state index contributed by atoms with van der Waals surface area (Å²) in [6, 6.07) is 4.15. The summed E-state index contributed by atoms with van der Waals surface area (Å²) in [5.74, 6) is -0.286. The van der Waals surface area contributed by atoms with E-state index in [9.17, 15) is 14.3 Å². The van der Waals surface area contributed by atoms with Crippen LogP contribution in [0.2, 0.25) is 0 Å². The fraction of sp³-hybridized carbons (Fsp3) is 0.412. The van der Waals surface area contributed by atoms with Gasteiger partial charge in [-0.3, -0.25) is 0 Å². The highest BCUT2D eigenvalue weighted by atomic mass is 19.1. The van der Waals surface area contributed by atoms with Crippen molar-refractivity contribution in [3.8, 4) is 5.69 Å². The number of carbonyl (C=O) groups excluding carboxylic acids is 1. The molecule has 0 aliphatic carbocycles. The minimum atomic E-state index is -0.522. The molecule has 2 atom stereocenters. The molecule has 1 aliphatic heterocycles. The molecule has 24 heavy (non-hydrogen) atoms. The van der Waals surface area contributed by atoms with Crippen LogP contribution in [-0.2, 0) is 0 Å². The third kappa shape index (κ3) is 3.41. The molecule has 2 aromatic rings. The lowest BCUT2D eigenvalue weighted by molar-refractivity contribution is 0.0464. The van der Waals surface area contributed by atoms with Crippen molar-refractivity contribution in [1.29, 1.82) is 0 Å². The summed E-state index contributed by atoms with van der Waals surface area (Å²) in [7, 11) is 0. The first-order valence-electron chi connectivity index (χ1n) is 7.99. The number of likely N-dealkylation sites (tertiary alicyclic amines) is 1. The zero-order chi connectivity index (χ0) is 17.3. The van der Waals surface area contributed by atoms with Gasteiger partial charge >= 0.3 is 6.03 Å². The number of aliphatic hydroxyl groups excluding tert-OH is 1. The Labute approximate surface area is 139 Å². The summed E-state index contributed by atoms with van der Waals surface area (Å²) in [6.07, 6.45) is 3.61. The third-order valence-electron chi connectivity index (χ3n) is 4.36. The molecule has 128 valence electrons. The largest absolute Gasteiger partial charge is 0.391 e. The second-order valence-electron chi connectivity index (χ2n) is 6.34. The van der Waals surface area contributed by atoms with E-state index in [1.54, 1.807) is 29.4 Å². The fourth-order valence-electron chi connectivity index (χ4n) is 2.75. The van der Waals surface area contributed by atoms with Gasteiger partial charge in [-0.1, -0.05) is 6.92 Å². The van der Waals surface area contributed by atoms with Crippen LogP contribution in [0.1, 0.15) is 18.9 Å². The molecule has 0 radical (unpaired) electrons. The molecule has 0 spiro atoms. The van der Waals surface area contributed by atoms with Crippen LogP contribution in [0.25, 0.3) is 5.69 Å². The Morgan fingerprint density at radius 1 is 1.46 bits per heavy atom. The first kappa shape index (κ1) is 16.4. The van der Waals surface area contributed by atoms with E-state index in [1.807, 2.05) is 13.8 Å². The van der Waals surface area contributed by atoms with Crippen molar-refractivity contribution in [2.75, 3.05) is 18.4 Å². The Morgan fingerprint density at radius 2 is 2.25 bits per heavy atom. The normalized spacial score (nSPS) is 20.9. The standard InChI is InChI=1S/C17H21FN4O2/c1-11-8-19-22(9-11)15-4-3-13(7-14(15)18)20-17(24)21-6-5-12(2)16(23)10-21/h3-4,7-9,12,16,23H,5-6,10H2,1-2H3,(H,20,24). The van der Waals surface area contributed by atoms with E-state index in [4.69, 9.17) is 0 Å². The molecule has 1 aromatic heterocycles. The monoisotopic (exact) mass is 332 g/mol. The van der Waals surface area contributed by atoms with Crippen molar-refractivity contribution in [2.45, 2.75) is 26.4 Å². The summed E-state index contributed by atoms with van der Waals surface area (Å²) < 4.78 is 15.7. The molecule has 1 aromatic carbocycles. The van der Waals surface area contributed by atoms with Crippen molar-refractivity contribution in [3.63, 3.8) is 0 Å². The molecule has 0 saturated carbocycles. The van der Waals surface area contributed by atoms with Gasteiger partial charge in [0, 0.05) is 25.0 Å². The zero-order valence-corrected chi connectivity index (χ0v) is 13.7. The molecule has 2 amide bonds. The number of benzene rings is 1. The number of halogens is 1. The number of carbonyl (C=O) groups is 1. The number of hydrogen-bond donors (Lipinski definition) is 2. The number of piperidine rings is 1. The predicted octanol–water partition coefficient (Wildman–Crippen LogP) is 2.55. The van der Waals surface area contributed by atoms with Gasteiger partial charge in [0.2, 0.25) is 0 Å². The van der Waals surface area contributed by atoms with Crippen molar-refractivity contribution >= 4 is 11.7 Å². The molecule has 1 saturated heterocycles. The van der Waals surface area contributed by atoms with E-state index < -0.39 is 11.9 Å². The second kappa shape index (κ2) is 6.60. The summed E-state index contributed by atoms with van der Waals surface area (Å²) in [5.41, 5.74) is 1.63. The van der Waals surface area contributed by atoms with Gasteiger partial charge in [-0.15, -0.1) is 0 Å². The topological polar surface area (TPSA) is 70.4 Å². The van der Waals surface area contributed by atoms with Crippen LogP contribution in [0.5, 0.6) is 0 Å². The van der Waals surface area contributed by atoms with Crippen molar-refractivity contribution in [1.82, 2.24) is 14.7 Å². The van der Waals surface area contributed by atoms with Gasteiger partial charge in [-0.05, 0) is 43.0 Å². The summed E-state index contributed by atoms with van der Waals surface area (Å²) in [6.45, 7) is 4.71. The van der Waals surface area contributed by atoms with Crippen molar-refractivity contribution < 1.29 is 14.3 Å². The number of anilines is 1. The fourth-order valence-corrected chi connectivity index (χ4v) is 2.75. The van der Waals surface area contributed by atoms with Gasteiger partial charge in [0.05, 0.1) is 12.3 Å². The number of amides is 2. The summed E-state index contributed by atoms with van der Waals surface area (Å²) in [5, 5.41) is 16.6. The lowest BCUT2D eigenvalue weighted by atomic mass is 9.96. The number of rotatable bonds is 2. The SMILES string of the molecule is Cc1cnn(-c2ccc(NC(=O)N3CCC(C)C(O)C3)cc2F)c1. The Hall–Kier alpha value is -2.41. The second-order valence-corrected chi connectivity index (χ2v) is 6.34. The van der Waals surface area contributed by atoms with Gasteiger partial charge < -0.3 is 15.3 Å². The van der Waals surface area contributed by atoms with E-state index in [0.717, 1.165) is 12.0 Å². The smallest absolute Gasteiger partial charge is 0.321 e. The number of nitrogens with zero attached hydrogens (tertiary/aromatic N) is 3. The molecule has 2 unspecified atom stereocenters. The number of aliphatic hydroxyl groups is 1. The predicted molar refractivity (Wildman–Crippen MR) is 88.6 cm³/mol. The lowest BCUT2D eigenvalue weighted by Crippen LogP contribution is -2.47. The highest BCUT2D eigenvalue weighted by Gasteiger charge is 2.27. The van der Waals surface area contributed by atoms with Gasteiger partial charge in [0.1, 0.15) is 5.69 Å². The Bertz CT molecular complexity index is 746. The van der Waals surface area contributed by atoms with Crippen molar-refractivity contribution in [2.24, 2.45) is 5.92 Å². The first-order valence-corrected chi connectivity index (χ1v) is 7.99. The molecule has 0 bridgehead atoms. The Morgan fingerprint density at radius 3 is 2.88 bits per heavy atom. The van der Waals surface area contributed by atoms with Gasteiger partial charge in [0.15, 0.2) is 5.82 Å². The molecular weight excluding hydrogens is 311 g/mol. The van der Waals surface area contributed by atoms with Crippen molar-refractivity contribution in [3.05, 3.63) is 42.0 Å². The molecular formula is C17H21FN4O2. The van der Waals surface area contributed by atoms with E-state index in [0.29, 0.717) is 24.5 Å². The number of nitrogens with one attached hydrogen (secondary N) is 1. The lowest BCUT2D eigenvalue weighted by Gasteiger charge is -2.34.